The van der Waals surface area contributed by atoms with Gasteiger partial charge in [-0.15, -0.1) is 0 Å². The monoisotopic (exact) mass is 453 g/mol. The third kappa shape index (κ3) is 3.78. The summed E-state index contributed by atoms with van der Waals surface area (Å²) in [5, 5.41) is 9.63. The number of fused-ring (bicyclic) bond motifs is 1. The van der Waals surface area contributed by atoms with Gasteiger partial charge in [0.15, 0.2) is 5.58 Å². The zero-order valence-electron chi connectivity index (χ0n) is 16.2. The number of nitriles is 1. The zero-order chi connectivity index (χ0) is 20.5. The molecule has 0 radical (unpaired) electrons. The van der Waals surface area contributed by atoms with Crippen LogP contribution in [0.2, 0.25) is 0 Å². The van der Waals surface area contributed by atoms with E-state index in [1.807, 2.05) is 37.3 Å². The maximum atomic E-state index is 11.8. The highest BCUT2D eigenvalue weighted by atomic mass is 79.9. The van der Waals surface area contributed by atoms with E-state index in [-0.39, 0.29) is 11.9 Å². The standard InChI is InChI=1S/C22H20BrN3O3/c1-13-17(4-3-5-18(13)23)21-25-19-9-14(8-16(10-24)20(19)29-21)11-26-7-6-15(12-26)22(27)28-2/h3-5,8-9,15H,6-7,11-12H2,1-2H3/t15-/m1/s1. The van der Waals surface area contributed by atoms with E-state index >= 15 is 0 Å². The van der Waals surface area contributed by atoms with Crippen LogP contribution in [0.25, 0.3) is 22.6 Å². The Kier molecular flexibility index (Phi) is 5.39. The molecule has 1 aliphatic rings. The minimum absolute atomic E-state index is 0.0858. The van der Waals surface area contributed by atoms with Crippen molar-refractivity contribution in [1.82, 2.24) is 9.88 Å². The van der Waals surface area contributed by atoms with Crippen LogP contribution in [-0.4, -0.2) is 36.1 Å². The Morgan fingerprint density at radius 2 is 2.28 bits per heavy atom. The number of hydrogen-bond donors (Lipinski definition) is 0. The molecule has 4 rings (SSSR count). The Hall–Kier alpha value is -2.69. The van der Waals surface area contributed by atoms with Crippen LogP contribution in [0, 0.1) is 24.2 Å². The van der Waals surface area contributed by atoms with Gasteiger partial charge in [0.2, 0.25) is 5.89 Å². The van der Waals surface area contributed by atoms with Crippen molar-refractivity contribution in [2.45, 2.75) is 19.9 Å². The maximum absolute atomic E-state index is 11.8. The van der Waals surface area contributed by atoms with Crippen LogP contribution in [0.3, 0.4) is 0 Å². The Bertz CT molecular complexity index is 1130. The van der Waals surface area contributed by atoms with Gasteiger partial charge in [-0.1, -0.05) is 22.0 Å². The van der Waals surface area contributed by atoms with Crippen LogP contribution in [0.5, 0.6) is 0 Å². The van der Waals surface area contributed by atoms with Gasteiger partial charge in [0.25, 0.3) is 0 Å². The lowest BCUT2D eigenvalue weighted by atomic mass is 10.1. The molecule has 0 bridgehead atoms. The molecule has 1 atom stereocenters. The van der Waals surface area contributed by atoms with E-state index in [0.29, 0.717) is 35.6 Å². The molecule has 0 unspecified atom stereocenters. The van der Waals surface area contributed by atoms with Gasteiger partial charge in [0.1, 0.15) is 11.6 Å². The lowest BCUT2D eigenvalue weighted by Gasteiger charge is -2.15. The number of oxazole rings is 1. The fourth-order valence-electron chi connectivity index (χ4n) is 3.81. The molecule has 0 N–H and O–H groups in total. The van der Waals surface area contributed by atoms with Crippen LogP contribution < -0.4 is 0 Å². The van der Waals surface area contributed by atoms with Crippen LogP contribution in [0.4, 0.5) is 0 Å². The number of ether oxygens (including phenoxy) is 1. The number of halogens is 1. The molecule has 29 heavy (non-hydrogen) atoms. The fraction of sp³-hybridized carbons (Fsp3) is 0.318. The summed E-state index contributed by atoms with van der Waals surface area (Å²) in [6.45, 7) is 4.13. The van der Waals surface area contributed by atoms with Crippen molar-refractivity contribution in [3.63, 3.8) is 0 Å². The average Bonchev–Trinajstić information content (AvgIpc) is 3.36. The number of carbonyl (C=O) groups excluding carboxylic acids is 1. The summed E-state index contributed by atoms with van der Waals surface area (Å²) in [5.74, 6) is 0.253. The number of methoxy groups -OCH3 is 1. The largest absolute Gasteiger partial charge is 0.469 e. The van der Waals surface area contributed by atoms with Gasteiger partial charge in [-0.3, -0.25) is 9.69 Å². The van der Waals surface area contributed by atoms with E-state index in [4.69, 9.17) is 9.15 Å². The lowest BCUT2D eigenvalue weighted by Crippen LogP contribution is -2.23. The van der Waals surface area contributed by atoms with Crippen molar-refractivity contribution in [3.05, 3.63) is 51.5 Å². The molecule has 148 valence electrons. The number of benzene rings is 2. The van der Waals surface area contributed by atoms with E-state index < -0.39 is 0 Å². The number of hydrogen-bond acceptors (Lipinski definition) is 6. The summed E-state index contributed by atoms with van der Waals surface area (Å²) in [4.78, 5) is 18.6. The lowest BCUT2D eigenvalue weighted by molar-refractivity contribution is -0.144. The van der Waals surface area contributed by atoms with E-state index in [2.05, 4.69) is 31.9 Å². The molecule has 2 heterocycles. The Morgan fingerprint density at radius 1 is 1.45 bits per heavy atom. The van der Waals surface area contributed by atoms with Crippen LogP contribution in [0.15, 0.2) is 39.2 Å². The highest BCUT2D eigenvalue weighted by Crippen LogP contribution is 2.32. The van der Waals surface area contributed by atoms with E-state index in [0.717, 1.165) is 34.1 Å². The van der Waals surface area contributed by atoms with Gasteiger partial charge in [0.05, 0.1) is 18.6 Å². The van der Waals surface area contributed by atoms with Crippen LogP contribution >= 0.6 is 15.9 Å². The van der Waals surface area contributed by atoms with E-state index in [1.165, 1.54) is 7.11 Å². The smallest absolute Gasteiger partial charge is 0.310 e. The number of carbonyl (C=O) groups is 1. The fourth-order valence-corrected chi connectivity index (χ4v) is 4.18. The molecule has 0 amide bonds. The average molecular weight is 454 g/mol. The molecule has 0 aliphatic carbocycles. The third-order valence-corrected chi connectivity index (χ3v) is 6.24. The summed E-state index contributed by atoms with van der Waals surface area (Å²) in [6, 6.07) is 11.9. The van der Waals surface area contributed by atoms with Gasteiger partial charge in [-0.05, 0) is 55.3 Å². The molecule has 0 saturated carbocycles. The van der Waals surface area contributed by atoms with E-state index in [9.17, 15) is 10.1 Å². The predicted molar refractivity (Wildman–Crippen MR) is 112 cm³/mol. The molecule has 1 saturated heterocycles. The van der Waals surface area contributed by atoms with Crippen molar-refractivity contribution >= 4 is 33.0 Å². The third-order valence-electron chi connectivity index (χ3n) is 5.38. The molecular weight excluding hydrogens is 434 g/mol. The van der Waals surface area contributed by atoms with Gasteiger partial charge >= 0.3 is 5.97 Å². The first-order valence-corrected chi connectivity index (χ1v) is 10.2. The SMILES string of the molecule is COC(=O)[C@@H]1CCN(Cc2cc(C#N)c3oc(-c4cccc(Br)c4C)nc3c2)C1. The quantitative estimate of drug-likeness (QED) is 0.543. The molecule has 2 aromatic carbocycles. The Labute approximate surface area is 177 Å². The Morgan fingerprint density at radius 3 is 3.03 bits per heavy atom. The van der Waals surface area contributed by atoms with Crippen molar-refractivity contribution < 1.29 is 13.9 Å². The van der Waals surface area contributed by atoms with Gasteiger partial charge in [-0.25, -0.2) is 4.98 Å². The molecule has 1 fully saturated rings. The van der Waals surface area contributed by atoms with Crippen LogP contribution in [0.1, 0.15) is 23.1 Å². The topological polar surface area (TPSA) is 79.4 Å². The summed E-state index contributed by atoms with van der Waals surface area (Å²) in [5.41, 5.74) is 4.53. The number of esters is 1. The highest BCUT2D eigenvalue weighted by Gasteiger charge is 2.29. The van der Waals surface area contributed by atoms with Crippen LogP contribution in [-0.2, 0) is 16.1 Å². The van der Waals surface area contributed by atoms with Crippen molar-refractivity contribution in [2.75, 3.05) is 20.2 Å². The maximum Gasteiger partial charge on any atom is 0.310 e. The molecule has 1 aromatic heterocycles. The van der Waals surface area contributed by atoms with Gasteiger partial charge in [-0.2, -0.15) is 5.26 Å². The van der Waals surface area contributed by atoms with Crippen molar-refractivity contribution in [1.29, 1.82) is 5.26 Å². The summed E-state index contributed by atoms with van der Waals surface area (Å²) in [7, 11) is 1.42. The molecule has 3 aromatic rings. The molecule has 0 spiro atoms. The molecule has 1 aliphatic heterocycles. The molecular formula is C22H20BrN3O3. The van der Waals surface area contributed by atoms with Gasteiger partial charge in [0, 0.05) is 23.1 Å². The first-order chi connectivity index (χ1) is 14.0. The number of nitrogens with zero attached hydrogens (tertiary/aromatic N) is 3. The van der Waals surface area contributed by atoms with Gasteiger partial charge < -0.3 is 9.15 Å². The predicted octanol–water partition coefficient (Wildman–Crippen LogP) is 4.43. The second kappa shape index (κ2) is 7.97. The first kappa shape index (κ1) is 19.6. The second-order valence-corrected chi connectivity index (χ2v) is 8.13. The second-order valence-electron chi connectivity index (χ2n) is 7.28. The minimum Gasteiger partial charge on any atom is -0.469 e. The zero-order valence-corrected chi connectivity index (χ0v) is 17.8. The highest BCUT2D eigenvalue weighted by molar-refractivity contribution is 9.10. The number of rotatable bonds is 4. The summed E-state index contributed by atoms with van der Waals surface area (Å²) < 4.78 is 11.8. The number of aromatic nitrogens is 1. The van der Waals surface area contributed by atoms with Crippen molar-refractivity contribution in [2.24, 2.45) is 5.92 Å². The molecule has 7 heteroatoms. The number of likely N-dealkylation sites (tertiary alicyclic amines) is 1. The normalized spacial score (nSPS) is 16.8. The molecule has 6 nitrogen and oxygen atoms in total. The van der Waals surface area contributed by atoms with E-state index in [1.54, 1.807) is 0 Å². The minimum atomic E-state index is -0.161. The summed E-state index contributed by atoms with van der Waals surface area (Å²) >= 11 is 3.54. The summed E-state index contributed by atoms with van der Waals surface area (Å²) in [6.07, 6.45) is 0.788. The Balaban J connectivity index is 1.65. The van der Waals surface area contributed by atoms with Crippen molar-refractivity contribution in [3.8, 4) is 17.5 Å². The first-order valence-electron chi connectivity index (χ1n) is 9.39.